The maximum absolute atomic E-state index is 8.60. The summed E-state index contributed by atoms with van der Waals surface area (Å²) in [6.07, 6.45) is 1.45. The van der Waals surface area contributed by atoms with Gasteiger partial charge >= 0.3 is 0 Å². The maximum Gasteiger partial charge on any atom is 0.0740 e. The molecule has 0 heterocycles. The van der Waals surface area contributed by atoms with Crippen molar-refractivity contribution in [1.29, 1.82) is 0 Å². The van der Waals surface area contributed by atoms with Crippen LogP contribution in [0.4, 0.5) is 0 Å². The van der Waals surface area contributed by atoms with Crippen molar-refractivity contribution < 1.29 is 5.21 Å². The van der Waals surface area contributed by atoms with E-state index < -0.39 is 0 Å². The van der Waals surface area contributed by atoms with E-state index in [1.54, 1.807) is 0 Å². The summed E-state index contributed by atoms with van der Waals surface area (Å²) in [6, 6.07) is 16.1. The monoisotopic (exact) mass is 211 g/mol. The molecule has 2 nitrogen and oxygen atoms in total. The fourth-order valence-electron chi connectivity index (χ4n) is 1.67. The lowest BCUT2D eigenvalue weighted by Gasteiger charge is -2.05. The van der Waals surface area contributed by atoms with Crippen LogP contribution in [-0.4, -0.2) is 11.4 Å². The molecular formula is C14H13NO. The Balaban J connectivity index is 2.51. The summed E-state index contributed by atoms with van der Waals surface area (Å²) >= 11 is 0. The summed E-state index contributed by atoms with van der Waals surface area (Å²) in [5.41, 5.74) is 4.34. The molecule has 2 aromatic carbocycles. The SMILES string of the molecule is Cc1ccc(-c2ccccc2/C=N\O)cc1. The molecule has 0 atom stereocenters. The molecule has 0 aliphatic carbocycles. The number of aryl methyl sites for hydroxylation is 1. The van der Waals surface area contributed by atoms with Crippen molar-refractivity contribution in [2.45, 2.75) is 6.92 Å². The van der Waals surface area contributed by atoms with E-state index in [4.69, 9.17) is 5.21 Å². The average molecular weight is 211 g/mol. The summed E-state index contributed by atoms with van der Waals surface area (Å²) in [4.78, 5) is 0. The summed E-state index contributed by atoms with van der Waals surface area (Å²) in [7, 11) is 0. The van der Waals surface area contributed by atoms with Crippen LogP contribution in [0, 0.1) is 6.92 Å². The number of oxime groups is 1. The van der Waals surface area contributed by atoms with Crippen LogP contribution in [0.3, 0.4) is 0 Å². The van der Waals surface area contributed by atoms with Crippen LogP contribution in [0.15, 0.2) is 53.7 Å². The van der Waals surface area contributed by atoms with Gasteiger partial charge in [-0.05, 0) is 18.1 Å². The molecule has 2 heteroatoms. The first kappa shape index (κ1) is 10.4. The molecule has 0 radical (unpaired) electrons. The van der Waals surface area contributed by atoms with Gasteiger partial charge in [0, 0.05) is 5.56 Å². The van der Waals surface area contributed by atoms with E-state index in [0.29, 0.717) is 0 Å². The van der Waals surface area contributed by atoms with Gasteiger partial charge in [-0.15, -0.1) is 0 Å². The molecule has 0 aliphatic rings. The van der Waals surface area contributed by atoms with E-state index in [2.05, 4.69) is 36.3 Å². The molecule has 2 aromatic rings. The average Bonchev–Trinajstić information content (AvgIpc) is 2.32. The van der Waals surface area contributed by atoms with Gasteiger partial charge in [0.2, 0.25) is 0 Å². The predicted octanol–water partition coefficient (Wildman–Crippen LogP) is 3.47. The maximum atomic E-state index is 8.60. The topological polar surface area (TPSA) is 32.6 Å². The number of hydrogen-bond donors (Lipinski definition) is 1. The largest absolute Gasteiger partial charge is 0.411 e. The zero-order chi connectivity index (χ0) is 11.4. The normalized spacial score (nSPS) is 10.8. The van der Waals surface area contributed by atoms with Crippen molar-refractivity contribution in [3.05, 3.63) is 59.7 Å². The van der Waals surface area contributed by atoms with Gasteiger partial charge in [-0.1, -0.05) is 59.3 Å². The van der Waals surface area contributed by atoms with E-state index >= 15 is 0 Å². The third-order valence-electron chi connectivity index (χ3n) is 2.52. The van der Waals surface area contributed by atoms with Gasteiger partial charge in [0.1, 0.15) is 0 Å². The van der Waals surface area contributed by atoms with Crippen LogP contribution in [-0.2, 0) is 0 Å². The van der Waals surface area contributed by atoms with Crippen LogP contribution in [0.1, 0.15) is 11.1 Å². The minimum Gasteiger partial charge on any atom is -0.411 e. The number of benzene rings is 2. The van der Waals surface area contributed by atoms with Crippen LogP contribution in [0.5, 0.6) is 0 Å². The van der Waals surface area contributed by atoms with Crippen LogP contribution in [0.25, 0.3) is 11.1 Å². The van der Waals surface area contributed by atoms with Gasteiger partial charge in [-0.2, -0.15) is 0 Å². The molecule has 0 saturated heterocycles. The zero-order valence-electron chi connectivity index (χ0n) is 9.09. The lowest BCUT2D eigenvalue weighted by atomic mass is 9.99. The molecule has 2 rings (SSSR count). The van der Waals surface area contributed by atoms with Crippen molar-refractivity contribution in [3.63, 3.8) is 0 Å². The van der Waals surface area contributed by atoms with E-state index in [9.17, 15) is 0 Å². The Morgan fingerprint density at radius 2 is 1.69 bits per heavy atom. The second-order valence-corrected chi connectivity index (χ2v) is 3.70. The van der Waals surface area contributed by atoms with Gasteiger partial charge < -0.3 is 5.21 Å². The molecule has 0 amide bonds. The summed E-state index contributed by atoms with van der Waals surface area (Å²) in [6.45, 7) is 2.06. The highest BCUT2D eigenvalue weighted by molar-refractivity contribution is 5.90. The van der Waals surface area contributed by atoms with Crippen molar-refractivity contribution >= 4 is 6.21 Å². The highest BCUT2D eigenvalue weighted by Crippen LogP contribution is 2.22. The first-order chi connectivity index (χ1) is 7.81. The number of hydrogen-bond acceptors (Lipinski definition) is 2. The van der Waals surface area contributed by atoms with E-state index in [1.807, 2.05) is 24.3 Å². The Bertz CT molecular complexity index is 500. The van der Waals surface area contributed by atoms with Gasteiger partial charge in [0.25, 0.3) is 0 Å². The van der Waals surface area contributed by atoms with Crippen LogP contribution in [0.2, 0.25) is 0 Å². The van der Waals surface area contributed by atoms with Gasteiger partial charge in [-0.3, -0.25) is 0 Å². The fourth-order valence-corrected chi connectivity index (χ4v) is 1.67. The lowest BCUT2D eigenvalue weighted by molar-refractivity contribution is 0.322. The fraction of sp³-hybridized carbons (Fsp3) is 0.0714. The molecule has 1 N–H and O–H groups in total. The van der Waals surface area contributed by atoms with E-state index in [0.717, 1.165) is 16.7 Å². The Hall–Kier alpha value is -2.09. The highest BCUT2D eigenvalue weighted by atomic mass is 16.4. The molecule has 0 bridgehead atoms. The molecule has 80 valence electrons. The van der Waals surface area contributed by atoms with Crippen molar-refractivity contribution in [2.24, 2.45) is 5.16 Å². The minimum absolute atomic E-state index is 0.911. The van der Waals surface area contributed by atoms with E-state index in [1.165, 1.54) is 11.8 Å². The number of nitrogens with zero attached hydrogens (tertiary/aromatic N) is 1. The third kappa shape index (κ3) is 2.11. The van der Waals surface area contributed by atoms with Crippen LogP contribution >= 0.6 is 0 Å². The van der Waals surface area contributed by atoms with Gasteiger partial charge in [0.15, 0.2) is 0 Å². The second kappa shape index (κ2) is 4.62. The molecule has 0 spiro atoms. The lowest BCUT2D eigenvalue weighted by Crippen LogP contribution is -1.87. The Morgan fingerprint density at radius 3 is 2.38 bits per heavy atom. The first-order valence-electron chi connectivity index (χ1n) is 5.15. The minimum atomic E-state index is 0.911. The smallest absolute Gasteiger partial charge is 0.0740 e. The van der Waals surface area contributed by atoms with Crippen molar-refractivity contribution in [1.82, 2.24) is 0 Å². The Labute approximate surface area is 94.9 Å². The summed E-state index contributed by atoms with van der Waals surface area (Å²) in [5.74, 6) is 0. The predicted molar refractivity (Wildman–Crippen MR) is 66.0 cm³/mol. The zero-order valence-corrected chi connectivity index (χ0v) is 9.09. The van der Waals surface area contributed by atoms with Gasteiger partial charge in [0.05, 0.1) is 6.21 Å². The first-order valence-corrected chi connectivity index (χ1v) is 5.15. The van der Waals surface area contributed by atoms with Crippen LogP contribution < -0.4 is 0 Å². The van der Waals surface area contributed by atoms with Gasteiger partial charge in [-0.25, -0.2) is 0 Å². The Kier molecular flexibility index (Phi) is 3.01. The standard InChI is InChI=1S/C14H13NO/c1-11-6-8-12(9-7-11)14-5-3-2-4-13(14)10-15-16/h2-10,16H,1H3/b15-10-. The van der Waals surface area contributed by atoms with Crippen molar-refractivity contribution in [3.8, 4) is 11.1 Å². The molecular weight excluding hydrogens is 198 g/mol. The quantitative estimate of drug-likeness (QED) is 0.460. The third-order valence-corrected chi connectivity index (χ3v) is 2.52. The molecule has 0 saturated carbocycles. The summed E-state index contributed by atoms with van der Waals surface area (Å²) in [5, 5.41) is 11.7. The Morgan fingerprint density at radius 1 is 1.00 bits per heavy atom. The molecule has 0 aliphatic heterocycles. The number of rotatable bonds is 2. The highest BCUT2D eigenvalue weighted by Gasteiger charge is 2.01. The van der Waals surface area contributed by atoms with Crippen molar-refractivity contribution in [2.75, 3.05) is 0 Å². The molecule has 0 fully saturated rings. The molecule has 0 aromatic heterocycles. The molecule has 0 unspecified atom stereocenters. The second-order valence-electron chi connectivity index (χ2n) is 3.70. The van der Waals surface area contributed by atoms with E-state index in [-0.39, 0.29) is 0 Å². The molecule has 16 heavy (non-hydrogen) atoms. The summed E-state index contributed by atoms with van der Waals surface area (Å²) < 4.78 is 0.